The van der Waals surface area contributed by atoms with Crippen molar-refractivity contribution in [2.45, 2.75) is 52.4 Å². The van der Waals surface area contributed by atoms with E-state index in [9.17, 15) is 0 Å². The maximum atomic E-state index is 4.34. The van der Waals surface area contributed by atoms with Gasteiger partial charge in [0.05, 0.1) is 12.0 Å². The van der Waals surface area contributed by atoms with Gasteiger partial charge in [0.1, 0.15) is 0 Å². The van der Waals surface area contributed by atoms with E-state index in [1.165, 1.54) is 24.1 Å². The first kappa shape index (κ1) is 14.3. The van der Waals surface area contributed by atoms with Crippen molar-refractivity contribution in [3.05, 3.63) is 48.3 Å². The van der Waals surface area contributed by atoms with Gasteiger partial charge in [0.2, 0.25) is 0 Å². The van der Waals surface area contributed by atoms with E-state index in [1.807, 2.05) is 31.0 Å². The Morgan fingerprint density at radius 1 is 1.24 bits per heavy atom. The van der Waals surface area contributed by atoms with Gasteiger partial charge in [-0.05, 0) is 30.4 Å². The van der Waals surface area contributed by atoms with Crippen LogP contribution >= 0.6 is 0 Å². The summed E-state index contributed by atoms with van der Waals surface area (Å²) in [5.41, 5.74) is 2.61. The van der Waals surface area contributed by atoms with E-state index in [1.54, 1.807) is 0 Å². The van der Waals surface area contributed by atoms with E-state index in [2.05, 4.69) is 39.3 Å². The Morgan fingerprint density at radius 2 is 2.10 bits per heavy atom. The molecule has 0 atom stereocenters. The molecule has 0 spiro atoms. The second-order valence-corrected chi connectivity index (χ2v) is 6.43. The molecular formula is C17H24N4. The average Bonchev–Trinajstić information content (AvgIpc) is 3.23. The predicted octanol–water partition coefficient (Wildman–Crippen LogP) is 3.10. The van der Waals surface area contributed by atoms with Crippen LogP contribution in [0.25, 0.3) is 0 Å². The van der Waals surface area contributed by atoms with Crippen LogP contribution < -0.4 is 0 Å². The van der Waals surface area contributed by atoms with E-state index >= 15 is 0 Å². The minimum absolute atomic E-state index is 0.644. The van der Waals surface area contributed by atoms with Gasteiger partial charge in [0.15, 0.2) is 0 Å². The molecule has 0 aromatic carbocycles. The highest BCUT2D eigenvalue weighted by Crippen LogP contribution is 2.29. The molecule has 4 heteroatoms. The highest BCUT2D eigenvalue weighted by Gasteiger charge is 2.29. The molecule has 1 fully saturated rings. The fraction of sp³-hybridized carbons (Fsp3) is 0.529. The van der Waals surface area contributed by atoms with E-state index < -0.39 is 0 Å². The van der Waals surface area contributed by atoms with Crippen LogP contribution in [0.15, 0.2) is 37.1 Å². The van der Waals surface area contributed by atoms with Gasteiger partial charge in [-0.1, -0.05) is 19.9 Å². The zero-order valence-electron chi connectivity index (χ0n) is 12.9. The quantitative estimate of drug-likeness (QED) is 0.783. The molecule has 3 rings (SSSR count). The van der Waals surface area contributed by atoms with E-state index in [0.29, 0.717) is 5.92 Å². The van der Waals surface area contributed by atoms with Gasteiger partial charge < -0.3 is 4.57 Å². The Hall–Kier alpha value is -1.68. The van der Waals surface area contributed by atoms with Crippen LogP contribution in [0.1, 0.15) is 37.9 Å². The number of hydrogen-bond acceptors (Lipinski definition) is 3. The maximum absolute atomic E-state index is 4.34. The number of pyridine rings is 1. The summed E-state index contributed by atoms with van der Waals surface area (Å²) in [4.78, 5) is 11.1. The largest absolute Gasteiger partial charge is 0.333 e. The van der Waals surface area contributed by atoms with Crippen LogP contribution in [-0.2, 0) is 19.6 Å². The Balaban J connectivity index is 1.69. The zero-order valence-corrected chi connectivity index (χ0v) is 12.9. The SMILES string of the molecule is CC(C)Cn1cncc1CN(Cc1cccnc1)C1CC1. The van der Waals surface area contributed by atoms with Gasteiger partial charge in [-0.2, -0.15) is 0 Å². The minimum atomic E-state index is 0.644. The van der Waals surface area contributed by atoms with E-state index in [0.717, 1.165) is 25.7 Å². The standard InChI is InChI=1S/C17H24N4/c1-14(2)10-21-13-19-9-17(21)12-20(16-5-6-16)11-15-4-3-7-18-8-15/h3-4,7-9,13-14,16H,5-6,10-12H2,1-2H3. The molecule has 112 valence electrons. The van der Waals surface area contributed by atoms with Crippen LogP contribution in [0.4, 0.5) is 0 Å². The number of rotatable bonds is 7. The first-order valence-electron chi connectivity index (χ1n) is 7.84. The molecule has 0 radical (unpaired) electrons. The van der Waals surface area contributed by atoms with Crippen molar-refractivity contribution in [3.63, 3.8) is 0 Å². The van der Waals surface area contributed by atoms with Gasteiger partial charge in [-0.25, -0.2) is 4.98 Å². The summed E-state index contributed by atoms with van der Waals surface area (Å²) in [6.07, 6.45) is 10.4. The Morgan fingerprint density at radius 3 is 2.76 bits per heavy atom. The van der Waals surface area contributed by atoms with Crippen LogP contribution in [0.5, 0.6) is 0 Å². The predicted molar refractivity (Wildman–Crippen MR) is 83.6 cm³/mol. The molecule has 2 aromatic heterocycles. The second kappa shape index (κ2) is 6.39. The Labute approximate surface area is 126 Å². The molecule has 0 saturated heterocycles. The lowest BCUT2D eigenvalue weighted by Crippen LogP contribution is -2.26. The summed E-state index contributed by atoms with van der Waals surface area (Å²) in [5, 5.41) is 0. The first-order valence-corrected chi connectivity index (χ1v) is 7.84. The minimum Gasteiger partial charge on any atom is -0.333 e. The molecular weight excluding hydrogens is 260 g/mol. The lowest BCUT2D eigenvalue weighted by Gasteiger charge is -2.23. The fourth-order valence-corrected chi connectivity index (χ4v) is 2.73. The third-order valence-electron chi connectivity index (χ3n) is 3.90. The molecule has 21 heavy (non-hydrogen) atoms. The third-order valence-corrected chi connectivity index (χ3v) is 3.90. The van der Waals surface area contributed by atoms with Gasteiger partial charge >= 0.3 is 0 Å². The summed E-state index contributed by atoms with van der Waals surface area (Å²) in [5.74, 6) is 0.644. The maximum Gasteiger partial charge on any atom is 0.0948 e. The van der Waals surface area contributed by atoms with Crippen molar-refractivity contribution in [2.75, 3.05) is 0 Å². The average molecular weight is 284 g/mol. The number of imidazole rings is 1. The first-order chi connectivity index (χ1) is 10.2. The van der Waals surface area contributed by atoms with Crippen molar-refractivity contribution >= 4 is 0 Å². The summed E-state index contributed by atoms with van der Waals surface area (Å²) in [6.45, 7) is 7.49. The highest BCUT2D eigenvalue weighted by atomic mass is 15.2. The van der Waals surface area contributed by atoms with Crippen LogP contribution in [0, 0.1) is 5.92 Å². The second-order valence-electron chi connectivity index (χ2n) is 6.43. The Bertz CT molecular complexity index is 557. The third kappa shape index (κ3) is 3.91. The lowest BCUT2D eigenvalue weighted by molar-refractivity contribution is 0.238. The summed E-state index contributed by atoms with van der Waals surface area (Å²) in [6, 6.07) is 4.91. The van der Waals surface area contributed by atoms with Crippen molar-refractivity contribution in [1.82, 2.24) is 19.4 Å². The van der Waals surface area contributed by atoms with Crippen LogP contribution in [-0.4, -0.2) is 25.5 Å². The molecule has 4 nitrogen and oxygen atoms in total. The monoisotopic (exact) mass is 284 g/mol. The summed E-state index contributed by atoms with van der Waals surface area (Å²) >= 11 is 0. The number of nitrogens with zero attached hydrogens (tertiary/aromatic N) is 4. The van der Waals surface area contributed by atoms with Gasteiger partial charge in [-0.15, -0.1) is 0 Å². The molecule has 0 bridgehead atoms. The number of aromatic nitrogens is 3. The molecule has 0 amide bonds. The normalized spacial score (nSPS) is 15.0. The molecule has 1 aliphatic carbocycles. The topological polar surface area (TPSA) is 34.0 Å². The number of hydrogen-bond donors (Lipinski definition) is 0. The Kier molecular flexibility index (Phi) is 4.34. The highest BCUT2D eigenvalue weighted by molar-refractivity contribution is 5.10. The zero-order chi connectivity index (χ0) is 14.7. The van der Waals surface area contributed by atoms with Gasteiger partial charge in [0, 0.05) is 44.3 Å². The molecule has 0 N–H and O–H groups in total. The molecule has 1 aliphatic rings. The van der Waals surface area contributed by atoms with Gasteiger partial charge in [0.25, 0.3) is 0 Å². The molecule has 2 aromatic rings. The summed E-state index contributed by atoms with van der Waals surface area (Å²) in [7, 11) is 0. The smallest absolute Gasteiger partial charge is 0.0948 e. The molecule has 0 unspecified atom stereocenters. The van der Waals surface area contributed by atoms with Crippen molar-refractivity contribution in [1.29, 1.82) is 0 Å². The molecule has 0 aliphatic heterocycles. The van der Waals surface area contributed by atoms with Crippen LogP contribution in [0.2, 0.25) is 0 Å². The van der Waals surface area contributed by atoms with Crippen molar-refractivity contribution in [3.8, 4) is 0 Å². The molecule has 2 heterocycles. The summed E-state index contributed by atoms with van der Waals surface area (Å²) < 4.78 is 2.29. The lowest BCUT2D eigenvalue weighted by atomic mass is 10.2. The van der Waals surface area contributed by atoms with Crippen LogP contribution in [0.3, 0.4) is 0 Å². The fourth-order valence-electron chi connectivity index (χ4n) is 2.73. The van der Waals surface area contributed by atoms with Crippen molar-refractivity contribution < 1.29 is 0 Å². The van der Waals surface area contributed by atoms with E-state index in [-0.39, 0.29) is 0 Å². The van der Waals surface area contributed by atoms with Gasteiger partial charge in [-0.3, -0.25) is 9.88 Å². The van der Waals surface area contributed by atoms with Crippen molar-refractivity contribution in [2.24, 2.45) is 5.92 Å². The molecule has 1 saturated carbocycles. The van der Waals surface area contributed by atoms with E-state index in [4.69, 9.17) is 0 Å².